The van der Waals surface area contributed by atoms with Crippen molar-refractivity contribution in [3.63, 3.8) is 0 Å². The molecule has 1 amide bonds. The molecule has 0 atom stereocenters. The maximum atomic E-state index is 12.1. The number of nitrogens with one attached hydrogen (secondary N) is 1. The number of hydrogen-bond acceptors (Lipinski definition) is 7. The van der Waals surface area contributed by atoms with Gasteiger partial charge in [-0.1, -0.05) is 35.0 Å². The minimum absolute atomic E-state index is 0.0922. The molecule has 0 aliphatic carbocycles. The van der Waals surface area contributed by atoms with Crippen molar-refractivity contribution < 1.29 is 14.3 Å². The second kappa shape index (κ2) is 9.73. The molecule has 0 radical (unpaired) electrons. The number of halogens is 2. The lowest BCUT2D eigenvalue weighted by atomic mass is 10.3. The molecule has 3 aromatic rings. The number of rotatable bonds is 8. The fourth-order valence-corrected chi connectivity index (χ4v) is 3.20. The molecule has 1 aromatic heterocycles. The molecule has 0 bridgehead atoms. The van der Waals surface area contributed by atoms with Crippen molar-refractivity contribution in [3.8, 4) is 11.5 Å². The third-order valence-corrected chi connectivity index (χ3v) is 5.38. The van der Waals surface area contributed by atoms with Gasteiger partial charge in [0.05, 0.1) is 22.9 Å². The number of nitrogens with two attached hydrogens (primary N) is 1. The second-order valence-corrected chi connectivity index (χ2v) is 7.46. The molecule has 3 rings (SSSR count). The van der Waals surface area contributed by atoms with Crippen LogP contribution in [-0.4, -0.2) is 33.6 Å². The molecule has 8 nitrogen and oxygen atoms in total. The Morgan fingerprint density at radius 3 is 2.55 bits per heavy atom. The second-order valence-electron chi connectivity index (χ2n) is 5.70. The number of carbonyl (C=O) groups excluding carboxylic acids is 1. The van der Waals surface area contributed by atoms with Gasteiger partial charge in [-0.15, -0.1) is 10.2 Å². The molecule has 0 unspecified atom stereocenters. The monoisotopic (exact) mass is 453 g/mol. The number of nitrogens with zero attached hydrogens (tertiary/aromatic N) is 3. The molecule has 0 saturated carbocycles. The Balaban J connectivity index is 1.52. The molecule has 2 aromatic carbocycles. The standard InChI is InChI=1S/C18H17Cl2N5O3S/c1-27-12-3-5-13(6-4-12)28-9-16-23-24-18(25(16)21)29-10-17(26)22-11-2-7-14(19)15(20)8-11/h2-8H,9-10,21H2,1H3,(H,22,26). The highest BCUT2D eigenvalue weighted by Crippen LogP contribution is 2.25. The molecular weight excluding hydrogens is 437 g/mol. The topological polar surface area (TPSA) is 104 Å². The van der Waals surface area contributed by atoms with Crippen molar-refractivity contribution in [2.24, 2.45) is 0 Å². The quantitative estimate of drug-likeness (QED) is 0.396. The highest BCUT2D eigenvalue weighted by Gasteiger charge is 2.13. The van der Waals surface area contributed by atoms with Gasteiger partial charge in [-0.05, 0) is 42.5 Å². The Bertz CT molecular complexity index is 998. The van der Waals surface area contributed by atoms with E-state index in [4.69, 9.17) is 38.5 Å². The third-order valence-electron chi connectivity index (χ3n) is 3.70. The lowest BCUT2D eigenvalue weighted by Crippen LogP contribution is -2.18. The maximum absolute atomic E-state index is 12.1. The Morgan fingerprint density at radius 1 is 1.14 bits per heavy atom. The number of hydrogen-bond donors (Lipinski definition) is 2. The van der Waals surface area contributed by atoms with Crippen molar-refractivity contribution in [1.29, 1.82) is 0 Å². The first-order chi connectivity index (χ1) is 14.0. The van der Waals surface area contributed by atoms with Gasteiger partial charge in [-0.3, -0.25) is 4.79 Å². The summed E-state index contributed by atoms with van der Waals surface area (Å²) in [5.74, 6) is 7.64. The van der Waals surface area contributed by atoms with Crippen LogP contribution in [0.2, 0.25) is 10.0 Å². The van der Waals surface area contributed by atoms with Gasteiger partial charge in [0.1, 0.15) is 18.1 Å². The average molecular weight is 454 g/mol. The Labute approximate surface area is 181 Å². The summed E-state index contributed by atoms with van der Waals surface area (Å²) < 4.78 is 12.0. The first-order valence-electron chi connectivity index (χ1n) is 8.30. The van der Waals surface area contributed by atoms with Crippen LogP contribution in [0.15, 0.2) is 47.6 Å². The van der Waals surface area contributed by atoms with Crippen LogP contribution in [0.5, 0.6) is 11.5 Å². The zero-order valence-corrected chi connectivity index (χ0v) is 17.6. The molecule has 0 saturated heterocycles. The summed E-state index contributed by atoms with van der Waals surface area (Å²) in [6.07, 6.45) is 0. The molecule has 3 N–H and O–H groups in total. The number of anilines is 1. The molecule has 0 aliphatic rings. The third kappa shape index (κ3) is 5.69. The van der Waals surface area contributed by atoms with E-state index in [0.717, 1.165) is 17.5 Å². The summed E-state index contributed by atoms with van der Waals surface area (Å²) >= 11 is 12.9. The number of methoxy groups -OCH3 is 1. The lowest BCUT2D eigenvalue weighted by molar-refractivity contribution is -0.113. The largest absolute Gasteiger partial charge is 0.497 e. The first kappa shape index (κ1) is 21.1. The maximum Gasteiger partial charge on any atom is 0.234 e. The predicted octanol–water partition coefficient (Wildman–Crippen LogP) is 3.62. The Morgan fingerprint density at radius 2 is 1.86 bits per heavy atom. The summed E-state index contributed by atoms with van der Waals surface area (Å²) in [4.78, 5) is 12.1. The van der Waals surface area contributed by atoms with Gasteiger partial charge < -0.3 is 20.6 Å². The molecule has 1 heterocycles. The normalized spacial score (nSPS) is 10.6. The van der Waals surface area contributed by atoms with Crippen LogP contribution in [0.1, 0.15) is 5.82 Å². The number of nitrogen functional groups attached to an aromatic ring is 1. The minimum Gasteiger partial charge on any atom is -0.497 e. The molecule has 0 spiro atoms. The van der Waals surface area contributed by atoms with E-state index in [1.54, 1.807) is 49.6 Å². The lowest BCUT2D eigenvalue weighted by Gasteiger charge is -2.08. The fourth-order valence-electron chi connectivity index (χ4n) is 2.22. The zero-order chi connectivity index (χ0) is 20.8. The van der Waals surface area contributed by atoms with Crippen molar-refractivity contribution in [1.82, 2.24) is 14.9 Å². The van der Waals surface area contributed by atoms with Gasteiger partial charge in [-0.25, -0.2) is 4.68 Å². The summed E-state index contributed by atoms with van der Waals surface area (Å²) in [7, 11) is 1.59. The number of aromatic nitrogens is 3. The van der Waals surface area contributed by atoms with Gasteiger partial charge >= 0.3 is 0 Å². The van der Waals surface area contributed by atoms with E-state index < -0.39 is 0 Å². The van der Waals surface area contributed by atoms with E-state index in [1.165, 1.54) is 4.68 Å². The van der Waals surface area contributed by atoms with E-state index in [-0.39, 0.29) is 18.3 Å². The highest BCUT2D eigenvalue weighted by atomic mass is 35.5. The van der Waals surface area contributed by atoms with Crippen molar-refractivity contribution in [3.05, 3.63) is 58.3 Å². The molecule has 0 fully saturated rings. The van der Waals surface area contributed by atoms with Gasteiger partial charge in [-0.2, -0.15) is 0 Å². The SMILES string of the molecule is COc1ccc(OCc2nnc(SCC(=O)Nc3ccc(Cl)c(Cl)c3)n2N)cc1. The van der Waals surface area contributed by atoms with Crippen LogP contribution in [0.4, 0.5) is 5.69 Å². The van der Waals surface area contributed by atoms with Crippen molar-refractivity contribution >= 4 is 46.6 Å². The number of carbonyl (C=O) groups is 1. The van der Waals surface area contributed by atoms with Gasteiger partial charge in [0.25, 0.3) is 0 Å². The molecule has 29 heavy (non-hydrogen) atoms. The van der Waals surface area contributed by atoms with Crippen LogP contribution in [0.25, 0.3) is 0 Å². The van der Waals surface area contributed by atoms with Crippen LogP contribution in [-0.2, 0) is 11.4 Å². The molecule has 0 aliphatic heterocycles. The average Bonchev–Trinajstić information content (AvgIpc) is 3.07. The van der Waals surface area contributed by atoms with E-state index >= 15 is 0 Å². The van der Waals surface area contributed by atoms with Crippen molar-refractivity contribution in [2.45, 2.75) is 11.8 Å². The summed E-state index contributed by atoms with van der Waals surface area (Å²) in [5, 5.41) is 11.9. The smallest absolute Gasteiger partial charge is 0.234 e. The van der Waals surface area contributed by atoms with Crippen LogP contribution >= 0.6 is 35.0 Å². The van der Waals surface area contributed by atoms with Crippen LogP contribution in [0, 0.1) is 0 Å². The van der Waals surface area contributed by atoms with E-state index in [1.807, 2.05) is 0 Å². The van der Waals surface area contributed by atoms with Crippen molar-refractivity contribution in [2.75, 3.05) is 24.0 Å². The molecule has 152 valence electrons. The summed E-state index contributed by atoms with van der Waals surface area (Å²) in [6, 6.07) is 12.0. The molecular formula is C18H17Cl2N5O3S. The Hall–Kier alpha value is -2.62. The highest BCUT2D eigenvalue weighted by molar-refractivity contribution is 7.99. The molecule has 11 heteroatoms. The van der Waals surface area contributed by atoms with E-state index in [0.29, 0.717) is 32.5 Å². The van der Waals surface area contributed by atoms with Gasteiger partial charge in [0, 0.05) is 5.69 Å². The summed E-state index contributed by atoms with van der Waals surface area (Å²) in [5.41, 5.74) is 0.549. The Kier molecular flexibility index (Phi) is 7.08. The number of amides is 1. The minimum atomic E-state index is -0.243. The first-order valence-corrected chi connectivity index (χ1v) is 10.0. The fraction of sp³-hybridized carbons (Fsp3) is 0.167. The summed E-state index contributed by atoms with van der Waals surface area (Å²) in [6.45, 7) is 0.131. The van der Waals surface area contributed by atoms with Gasteiger partial charge in [0.2, 0.25) is 11.1 Å². The van der Waals surface area contributed by atoms with E-state index in [9.17, 15) is 4.79 Å². The van der Waals surface area contributed by atoms with Crippen LogP contribution < -0.4 is 20.6 Å². The number of ether oxygens (including phenoxy) is 2. The van der Waals surface area contributed by atoms with E-state index in [2.05, 4.69) is 15.5 Å². The van der Waals surface area contributed by atoms with Gasteiger partial charge in [0.15, 0.2) is 5.82 Å². The van der Waals surface area contributed by atoms with Crippen LogP contribution in [0.3, 0.4) is 0 Å². The predicted molar refractivity (Wildman–Crippen MR) is 113 cm³/mol. The number of benzene rings is 2. The number of thioether (sulfide) groups is 1. The zero-order valence-electron chi connectivity index (χ0n) is 15.3.